The van der Waals surface area contributed by atoms with Gasteiger partial charge in [0.15, 0.2) is 5.16 Å². The molecule has 2 rings (SSSR count). The summed E-state index contributed by atoms with van der Waals surface area (Å²) in [5.74, 6) is 0.237. The van der Waals surface area contributed by atoms with Crippen LogP contribution in [0.3, 0.4) is 0 Å². The molecule has 1 heterocycles. The number of carbonyl (C=O) groups is 2. The summed E-state index contributed by atoms with van der Waals surface area (Å²) >= 11 is 1.33. The number of nitrogens with two attached hydrogens (primary N) is 1. The summed E-state index contributed by atoms with van der Waals surface area (Å²) in [6.07, 6.45) is 0.614. The minimum atomic E-state index is -0.396. The summed E-state index contributed by atoms with van der Waals surface area (Å²) in [7, 11) is 1.70. The molecule has 0 aliphatic carbocycles. The number of halogens is 1. The third-order valence-corrected chi connectivity index (χ3v) is 5.32. The maximum atomic E-state index is 13.4. The van der Waals surface area contributed by atoms with Crippen molar-refractivity contribution >= 4 is 23.6 Å². The molecule has 29 heavy (non-hydrogen) atoms. The molecular formula is C20H28FN5O2S. The van der Waals surface area contributed by atoms with E-state index in [0.29, 0.717) is 36.4 Å². The van der Waals surface area contributed by atoms with E-state index in [1.165, 1.54) is 23.9 Å². The second-order valence-corrected chi connectivity index (χ2v) is 8.76. The van der Waals surface area contributed by atoms with Gasteiger partial charge in [0.2, 0.25) is 11.8 Å². The molecule has 158 valence electrons. The Morgan fingerprint density at radius 1 is 1.28 bits per heavy atom. The lowest BCUT2D eigenvalue weighted by Crippen LogP contribution is -2.33. The predicted molar refractivity (Wildman–Crippen MR) is 111 cm³/mol. The molecule has 0 radical (unpaired) electrons. The molecule has 0 fully saturated rings. The molecule has 7 nitrogen and oxygen atoms in total. The Kier molecular flexibility index (Phi) is 8.19. The summed E-state index contributed by atoms with van der Waals surface area (Å²) in [4.78, 5) is 25.5. The zero-order valence-electron chi connectivity index (χ0n) is 17.3. The van der Waals surface area contributed by atoms with Gasteiger partial charge >= 0.3 is 0 Å². The Morgan fingerprint density at radius 3 is 2.62 bits per heavy atom. The van der Waals surface area contributed by atoms with E-state index in [9.17, 15) is 14.0 Å². The highest BCUT2D eigenvalue weighted by molar-refractivity contribution is 8.00. The molecule has 1 aromatic carbocycles. The van der Waals surface area contributed by atoms with Gasteiger partial charge in [-0.15, -0.1) is 10.2 Å². The van der Waals surface area contributed by atoms with Gasteiger partial charge < -0.3 is 15.2 Å². The van der Waals surface area contributed by atoms with Gasteiger partial charge in [0, 0.05) is 33.0 Å². The summed E-state index contributed by atoms with van der Waals surface area (Å²) in [6.45, 7) is 6.97. The second kappa shape index (κ2) is 10.4. The Labute approximate surface area is 174 Å². The highest BCUT2D eigenvalue weighted by Crippen LogP contribution is 2.25. The number of hydrogen-bond acceptors (Lipinski definition) is 5. The number of carbonyl (C=O) groups excluding carboxylic acids is 2. The standard InChI is InChI=1S/C20H28FN5O2S/c1-13(2)11-26-18(9-8-17(22)27)23-24-20(26)29-14(3)19(28)25(4)12-15-6-5-7-16(21)10-15/h5-7,10,13-14H,8-9,11-12H2,1-4H3,(H2,22,27). The van der Waals surface area contributed by atoms with Gasteiger partial charge in [-0.1, -0.05) is 37.7 Å². The fourth-order valence-electron chi connectivity index (χ4n) is 2.88. The van der Waals surface area contributed by atoms with Crippen LogP contribution in [0.5, 0.6) is 0 Å². The van der Waals surface area contributed by atoms with Gasteiger partial charge in [-0.3, -0.25) is 9.59 Å². The number of aryl methyl sites for hydroxylation is 1. The van der Waals surface area contributed by atoms with Crippen LogP contribution in [0, 0.1) is 11.7 Å². The van der Waals surface area contributed by atoms with Crippen molar-refractivity contribution in [1.29, 1.82) is 0 Å². The first kappa shape index (κ1) is 22.9. The molecule has 2 N–H and O–H groups in total. The van der Waals surface area contributed by atoms with E-state index in [-0.39, 0.29) is 24.1 Å². The molecule has 2 aromatic rings. The number of aromatic nitrogens is 3. The van der Waals surface area contributed by atoms with Crippen LogP contribution >= 0.6 is 11.8 Å². The van der Waals surface area contributed by atoms with Gasteiger partial charge in [-0.05, 0) is 30.5 Å². The topological polar surface area (TPSA) is 94.1 Å². The third-order valence-electron chi connectivity index (χ3n) is 4.25. The molecule has 0 aliphatic heterocycles. The van der Waals surface area contributed by atoms with Crippen molar-refractivity contribution in [3.63, 3.8) is 0 Å². The smallest absolute Gasteiger partial charge is 0.235 e. The van der Waals surface area contributed by atoms with Crippen molar-refractivity contribution in [2.45, 2.75) is 57.1 Å². The molecule has 0 saturated heterocycles. The van der Waals surface area contributed by atoms with Crippen LogP contribution in [0.15, 0.2) is 29.4 Å². The SMILES string of the molecule is CC(C)Cn1c(CCC(N)=O)nnc1SC(C)C(=O)N(C)Cc1cccc(F)c1. The molecule has 0 aliphatic rings. The zero-order chi connectivity index (χ0) is 21.6. The van der Waals surface area contributed by atoms with Crippen LogP contribution in [-0.2, 0) is 29.1 Å². The van der Waals surface area contributed by atoms with E-state index in [2.05, 4.69) is 24.0 Å². The lowest BCUT2D eigenvalue weighted by Gasteiger charge is -2.21. The van der Waals surface area contributed by atoms with E-state index in [1.807, 2.05) is 11.5 Å². The molecule has 1 aromatic heterocycles. The second-order valence-electron chi connectivity index (χ2n) is 7.45. The van der Waals surface area contributed by atoms with E-state index >= 15 is 0 Å². The van der Waals surface area contributed by atoms with Gasteiger partial charge in [0.25, 0.3) is 0 Å². The molecule has 1 unspecified atom stereocenters. The van der Waals surface area contributed by atoms with Crippen LogP contribution in [0.2, 0.25) is 0 Å². The quantitative estimate of drug-likeness (QED) is 0.595. The Balaban J connectivity index is 2.08. The molecule has 0 spiro atoms. The summed E-state index contributed by atoms with van der Waals surface area (Å²) in [6, 6.07) is 6.21. The monoisotopic (exact) mass is 421 g/mol. The van der Waals surface area contributed by atoms with E-state index < -0.39 is 5.25 Å². The van der Waals surface area contributed by atoms with Crippen LogP contribution < -0.4 is 5.73 Å². The molecule has 2 amide bonds. The van der Waals surface area contributed by atoms with Gasteiger partial charge in [-0.2, -0.15) is 0 Å². The minimum Gasteiger partial charge on any atom is -0.370 e. The summed E-state index contributed by atoms with van der Waals surface area (Å²) in [5.41, 5.74) is 5.98. The number of primary amides is 1. The first-order valence-electron chi connectivity index (χ1n) is 9.53. The number of nitrogens with zero attached hydrogens (tertiary/aromatic N) is 4. The van der Waals surface area contributed by atoms with Crippen molar-refractivity contribution in [3.8, 4) is 0 Å². The molecule has 9 heteroatoms. The lowest BCUT2D eigenvalue weighted by molar-refractivity contribution is -0.129. The average Bonchev–Trinajstić information content (AvgIpc) is 3.00. The van der Waals surface area contributed by atoms with Gasteiger partial charge in [0.05, 0.1) is 5.25 Å². The highest BCUT2D eigenvalue weighted by atomic mass is 32.2. The molecule has 0 saturated carbocycles. The lowest BCUT2D eigenvalue weighted by atomic mass is 10.2. The number of thioether (sulfide) groups is 1. The third kappa shape index (κ3) is 6.85. The van der Waals surface area contributed by atoms with Crippen molar-refractivity contribution in [1.82, 2.24) is 19.7 Å². The number of amides is 2. The largest absolute Gasteiger partial charge is 0.370 e. The normalized spacial score (nSPS) is 12.2. The van der Waals surface area contributed by atoms with Gasteiger partial charge in [-0.25, -0.2) is 4.39 Å². The van der Waals surface area contributed by atoms with E-state index in [1.54, 1.807) is 24.1 Å². The molecule has 1 atom stereocenters. The fourth-order valence-corrected chi connectivity index (χ4v) is 3.87. The number of benzene rings is 1. The van der Waals surface area contributed by atoms with Crippen LogP contribution in [0.4, 0.5) is 4.39 Å². The van der Waals surface area contributed by atoms with Crippen LogP contribution in [-0.4, -0.2) is 43.8 Å². The minimum absolute atomic E-state index is 0.0861. The maximum Gasteiger partial charge on any atom is 0.235 e. The van der Waals surface area contributed by atoms with Crippen LogP contribution in [0.25, 0.3) is 0 Å². The Bertz CT molecular complexity index is 855. The number of hydrogen-bond donors (Lipinski definition) is 1. The van der Waals surface area contributed by atoms with Crippen molar-refractivity contribution in [2.75, 3.05) is 7.05 Å². The Hall–Kier alpha value is -2.42. The Morgan fingerprint density at radius 2 is 2.00 bits per heavy atom. The predicted octanol–water partition coefficient (Wildman–Crippen LogP) is 2.63. The maximum absolute atomic E-state index is 13.4. The van der Waals surface area contributed by atoms with E-state index in [0.717, 1.165) is 5.56 Å². The summed E-state index contributed by atoms with van der Waals surface area (Å²) in [5, 5.41) is 8.66. The fraction of sp³-hybridized carbons (Fsp3) is 0.500. The average molecular weight is 422 g/mol. The first-order chi connectivity index (χ1) is 13.7. The first-order valence-corrected chi connectivity index (χ1v) is 10.4. The van der Waals surface area contributed by atoms with Crippen molar-refractivity contribution < 1.29 is 14.0 Å². The van der Waals surface area contributed by atoms with Gasteiger partial charge in [0.1, 0.15) is 11.6 Å². The van der Waals surface area contributed by atoms with Crippen LogP contribution in [0.1, 0.15) is 38.6 Å². The number of rotatable bonds is 10. The highest BCUT2D eigenvalue weighted by Gasteiger charge is 2.23. The molecule has 0 bridgehead atoms. The van der Waals surface area contributed by atoms with Crippen molar-refractivity contribution in [2.24, 2.45) is 11.7 Å². The molecular weight excluding hydrogens is 393 g/mol. The van der Waals surface area contributed by atoms with Crippen molar-refractivity contribution in [3.05, 3.63) is 41.5 Å². The van der Waals surface area contributed by atoms with E-state index in [4.69, 9.17) is 5.73 Å². The summed E-state index contributed by atoms with van der Waals surface area (Å²) < 4.78 is 15.3. The zero-order valence-corrected chi connectivity index (χ0v) is 18.1.